The normalized spacial score (nSPS) is 11.8. The minimum absolute atomic E-state index is 0.678. The third-order valence-corrected chi connectivity index (χ3v) is 0. The summed E-state index contributed by atoms with van der Waals surface area (Å²) in [5.41, 5.74) is 0. The lowest BCUT2D eigenvalue weighted by Crippen LogP contribution is -1.67. The van der Waals surface area contributed by atoms with Crippen molar-refractivity contribution in [2.45, 2.75) is 0 Å². The lowest BCUT2D eigenvalue weighted by molar-refractivity contribution is 0.395. The molecule has 5 heavy (non-hydrogen) atoms. The van der Waals surface area contributed by atoms with Crippen LogP contribution in [-0.4, -0.2) is 19.7 Å². The lowest BCUT2D eigenvalue weighted by atomic mass is 15.8. The van der Waals surface area contributed by atoms with E-state index in [4.69, 9.17) is 9.79 Å². The highest BCUT2D eigenvalue weighted by atomic mass is 31.4. The Morgan fingerprint density at radius 1 is 1.60 bits per heavy atom. The Bertz CT molecular complexity index is 53.0. The summed E-state index contributed by atoms with van der Waals surface area (Å²) in [6, 6.07) is 0. The van der Waals surface area contributed by atoms with E-state index in [1.165, 1.54) is 0 Å². The number of rotatable bonds is 0. The van der Waals surface area contributed by atoms with Crippen molar-refractivity contribution in [2.24, 2.45) is 0 Å². The van der Waals surface area contributed by atoms with Gasteiger partial charge in [-0.15, -0.1) is 0 Å². The van der Waals surface area contributed by atoms with Gasteiger partial charge in [-0.25, -0.2) is 0 Å². The van der Waals surface area contributed by atoms with E-state index >= 15 is 0 Å². The molecule has 0 aromatic heterocycles. The monoisotopic (exact) mass is 111 g/mol. The summed E-state index contributed by atoms with van der Waals surface area (Å²) >= 11 is 0. The summed E-state index contributed by atoms with van der Waals surface area (Å²) in [5, 5.41) is 0. The standard InChI is InChI=1S/H4O3PSi/c1-4(2,3)5/h5H2,(H2,1,2,3). The van der Waals surface area contributed by atoms with Gasteiger partial charge in [0.15, 0.2) is 9.91 Å². The maximum absolute atomic E-state index is 9.34. The van der Waals surface area contributed by atoms with Crippen LogP contribution in [0.3, 0.4) is 0 Å². The maximum Gasteiger partial charge on any atom is 0.282 e. The molecule has 5 heteroatoms. The minimum Gasteiger partial charge on any atom is -0.329 e. The van der Waals surface area contributed by atoms with Gasteiger partial charge >= 0.3 is 0 Å². The van der Waals surface area contributed by atoms with E-state index < -0.39 is 7.14 Å². The second-order valence-electron chi connectivity index (χ2n) is 0.665. The fourth-order valence-corrected chi connectivity index (χ4v) is 0. The highest BCUT2D eigenvalue weighted by Crippen LogP contribution is 2.24. The van der Waals surface area contributed by atoms with Gasteiger partial charge < -0.3 is 9.79 Å². The molecule has 1 radical (unpaired) electrons. The number of hydrogen-bond donors (Lipinski definition) is 2. The van der Waals surface area contributed by atoms with Gasteiger partial charge in [0.1, 0.15) is 0 Å². The van der Waals surface area contributed by atoms with Gasteiger partial charge in [0.25, 0.3) is 7.14 Å². The molecule has 0 rings (SSSR count). The Kier molecular flexibility index (Phi) is 1.31. The van der Waals surface area contributed by atoms with Crippen molar-refractivity contribution in [1.29, 1.82) is 0 Å². The molecule has 0 aromatic carbocycles. The quantitative estimate of drug-likeness (QED) is 0.302. The third kappa shape index (κ3) is 182. The van der Waals surface area contributed by atoms with Crippen LogP contribution < -0.4 is 0 Å². The minimum atomic E-state index is -3.61. The van der Waals surface area contributed by atoms with E-state index in [2.05, 4.69) is 0 Å². The molecule has 0 fully saturated rings. The molecule has 0 aliphatic carbocycles. The van der Waals surface area contributed by atoms with Crippen LogP contribution in [0, 0.1) is 0 Å². The third-order valence-electron chi connectivity index (χ3n) is 0. The van der Waals surface area contributed by atoms with Gasteiger partial charge in [0, 0.05) is 0 Å². The Morgan fingerprint density at radius 2 is 1.60 bits per heavy atom. The second-order valence-corrected chi connectivity index (χ2v) is 4.47. The summed E-state index contributed by atoms with van der Waals surface area (Å²) in [7, 11) is -2.93. The topological polar surface area (TPSA) is 57.5 Å². The number of hydrogen-bond acceptors (Lipinski definition) is 1. The van der Waals surface area contributed by atoms with Crippen LogP contribution in [0.15, 0.2) is 0 Å². The summed E-state index contributed by atoms with van der Waals surface area (Å²) in [4.78, 5) is 15.3. The van der Waals surface area contributed by atoms with Crippen molar-refractivity contribution in [3.05, 3.63) is 0 Å². The van der Waals surface area contributed by atoms with Crippen molar-refractivity contribution in [3.63, 3.8) is 0 Å². The molecule has 0 aliphatic heterocycles. The van der Waals surface area contributed by atoms with Crippen molar-refractivity contribution < 1.29 is 14.4 Å². The van der Waals surface area contributed by atoms with Crippen LogP contribution in [0.25, 0.3) is 0 Å². The molecular weight excluding hydrogens is 107 g/mol. The Hall–Kier alpha value is 0.367. The molecule has 31 valence electrons. The predicted octanol–water partition coefficient (Wildman–Crippen LogP) is -1.29. The van der Waals surface area contributed by atoms with Crippen LogP contribution in [-0.2, 0) is 4.57 Å². The first-order chi connectivity index (χ1) is 2.00. The maximum atomic E-state index is 9.34. The van der Waals surface area contributed by atoms with Crippen LogP contribution in [0.2, 0.25) is 0 Å². The van der Waals surface area contributed by atoms with E-state index in [9.17, 15) is 4.57 Å². The van der Waals surface area contributed by atoms with E-state index in [1.54, 1.807) is 0 Å². The molecule has 2 N–H and O–H groups in total. The predicted molar refractivity (Wildman–Crippen MR) is 20.6 cm³/mol. The van der Waals surface area contributed by atoms with Crippen LogP contribution in [0.4, 0.5) is 0 Å². The molecule has 0 atom stereocenters. The summed E-state index contributed by atoms with van der Waals surface area (Å²) < 4.78 is 9.34. The van der Waals surface area contributed by atoms with Crippen molar-refractivity contribution >= 4 is 17.1 Å². The van der Waals surface area contributed by atoms with Crippen molar-refractivity contribution in [3.8, 4) is 0 Å². The van der Waals surface area contributed by atoms with Gasteiger partial charge in [-0.1, -0.05) is 0 Å². The van der Waals surface area contributed by atoms with Gasteiger partial charge in [-0.3, -0.25) is 4.57 Å². The fourth-order valence-electron chi connectivity index (χ4n) is 0. The zero-order valence-corrected chi connectivity index (χ0v) is 4.77. The van der Waals surface area contributed by atoms with Gasteiger partial charge in [0.05, 0.1) is 0 Å². The molecule has 0 saturated heterocycles. The van der Waals surface area contributed by atoms with Gasteiger partial charge in [-0.05, 0) is 0 Å². The van der Waals surface area contributed by atoms with Crippen molar-refractivity contribution in [2.75, 3.05) is 0 Å². The summed E-state index contributed by atoms with van der Waals surface area (Å²) in [6.45, 7) is 0. The molecule has 0 aliphatic rings. The highest BCUT2D eigenvalue weighted by molar-refractivity contribution is 7.77. The first-order valence-corrected chi connectivity index (χ1v) is 4.59. The fraction of sp³-hybridized carbons (Fsp3) is 0. The Labute approximate surface area is 32.4 Å². The first-order valence-electron chi connectivity index (χ1n) is 0.899. The van der Waals surface area contributed by atoms with E-state index in [0.717, 1.165) is 0 Å². The largest absolute Gasteiger partial charge is 0.329 e. The van der Waals surface area contributed by atoms with Gasteiger partial charge in [-0.2, -0.15) is 0 Å². The Morgan fingerprint density at radius 3 is 1.60 bits per heavy atom. The molecule has 0 heterocycles. The molecule has 0 bridgehead atoms. The van der Waals surface area contributed by atoms with Crippen molar-refractivity contribution in [1.82, 2.24) is 0 Å². The van der Waals surface area contributed by atoms with Crippen LogP contribution in [0.1, 0.15) is 0 Å². The molecule has 0 saturated carbocycles. The van der Waals surface area contributed by atoms with E-state index in [-0.39, 0.29) is 0 Å². The SMILES string of the molecule is O=P(O)(O)[SiH2]. The lowest BCUT2D eigenvalue weighted by Gasteiger charge is -1.85. The average molecular weight is 111 g/mol. The average Bonchev–Trinajstić information content (AvgIpc) is 0.722. The summed E-state index contributed by atoms with van der Waals surface area (Å²) in [6.07, 6.45) is 0. The summed E-state index contributed by atoms with van der Waals surface area (Å²) in [5.74, 6) is 0. The molecule has 0 amide bonds. The Balaban J connectivity index is 3.47. The smallest absolute Gasteiger partial charge is 0.282 e. The zero-order valence-electron chi connectivity index (χ0n) is 2.46. The molecule has 0 unspecified atom stereocenters. The van der Waals surface area contributed by atoms with Crippen LogP contribution in [0.5, 0.6) is 0 Å². The molecular formula is H4O3PSi. The van der Waals surface area contributed by atoms with Gasteiger partial charge in [0.2, 0.25) is 0 Å². The zero-order chi connectivity index (χ0) is 4.50. The first kappa shape index (κ1) is 5.37. The highest BCUT2D eigenvalue weighted by Gasteiger charge is 1.95. The molecule has 3 nitrogen and oxygen atoms in total. The molecule has 0 spiro atoms. The second kappa shape index (κ2) is 1.22. The van der Waals surface area contributed by atoms with E-state index in [1.807, 2.05) is 0 Å². The van der Waals surface area contributed by atoms with E-state index in [0.29, 0.717) is 9.91 Å². The van der Waals surface area contributed by atoms with Crippen LogP contribution >= 0.6 is 7.14 Å². The molecule has 0 aromatic rings.